The largest absolute Gasteiger partial charge is 0.497 e. The van der Waals surface area contributed by atoms with Crippen LogP contribution in [0.3, 0.4) is 0 Å². The van der Waals surface area contributed by atoms with Gasteiger partial charge < -0.3 is 10.1 Å². The number of unbranched alkanes of at least 4 members (excludes halogenated alkanes) is 1. The first kappa shape index (κ1) is 22.3. The number of aryl methyl sites for hydroxylation is 1. The van der Waals surface area contributed by atoms with E-state index >= 15 is 0 Å². The van der Waals surface area contributed by atoms with Crippen molar-refractivity contribution in [1.82, 2.24) is 10.3 Å². The molecule has 31 heavy (non-hydrogen) atoms. The Kier molecular flexibility index (Phi) is 8.87. The summed E-state index contributed by atoms with van der Waals surface area (Å²) in [6.45, 7) is 0.715. The van der Waals surface area contributed by atoms with Crippen molar-refractivity contribution < 1.29 is 9.53 Å². The predicted octanol–water partition coefficient (Wildman–Crippen LogP) is 5.44. The van der Waals surface area contributed by atoms with Gasteiger partial charge in [-0.15, -0.1) is 0 Å². The van der Waals surface area contributed by atoms with E-state index in [1.54, 1.807) is 13.3 Å². The first-order valence-electron chi connectivity index (χ1n) is 10.8. The number of benzene rings is 2. The molecule has 0 saturated heterocycles. The van der Waals surface area contributed by atoms with Crippen LogP contribution in [0.4, 0.5) is 0 Å². The number of aromatic nitrogens is 1. The molecular weight excluding hydrogens is 384 g/mol. The summed E-state index contributed by atoms with van der Waals surface area (Å²) >= 11 is 0. The zero-order valence-corrected chi connectivity index (χ0v) is 18.1. The van der Waals surface area contributed by atoms with Crippen molar-refractivity contribution in [2.45, 2.75) is 32.1 Å². The predicted molar refractivity (Wildman–Crippen MR) is 126 cm³/mol. The second-order valence-electron chi connectivity index (χ2n) is 7.42. The maximum Gasteiger partial charge on any atom is 0.220 e. The molecule has 0 aliphatic carbocycles. The molecule has 1 aromatic heterocycles. The van der Waals surface area contributed by atoms with Crippen molar-refractivity contribution in [1.29, 1.82) is 0 Å². The minimum Gasteiger partial charge on any atom is -0.497 e. The molecule has 4 nitrogen and oxygen atoms in total. The van der Waals surface area contributed by atoms with Crippen LogP contribution in [-0.4, -0.2) is 24.5 Å². The summed E-state index contributed by atoms with van der Waals surface area (Å²) in [5.74, 6) is 0.929. The van der Waals surface area contributed by atoms with Crippen molar-refractivity contribution in [2.75, 3.05) is 13.7 Å². The van der Waals surface area contributed by atoms with Crippen LogP contribution in [0.1, 0.15) is 42.4 Å². The van der Waals surface area contributed by atoms with Gasteiger partial charge in [-0.2, -0.15) is 0 Å². The summed E-state index contributed by atoms with van der Waals surface area (Å²) in [6.07, 6.45) is 10.0. The molecule has 2 aromatic carbocycles. The van der Waals surface area contributed by atoms with E-state index in [-0.39, 0.29) is 5.91 Å². The summed E-state index contributed by atoms with van der Waals surface area (Å²) in [7, 11) is 1.67. The van der Waals surface area contributed by atoms with Gasteiger partial charge in [0.05, 0.1) is 7.11 Å². The number of amides is 1. The van der Waals surface area contributed by atoms with Crippen LogP contribution in [0.15, 0.2) is 85.2 Å². The number of ether oxygens (including phenoxy) is 1. The zero-order chi connectivity index (χ0) is 21.7. The van der Waals surface area contributed by atoms with Gasteiger partial charge in [-0.05, 0) is 66.1 Å². The minimum atomic E-state index is 0.0970. The maximum atomic E-state index is 12.2. The van der Waals surface area contributed by atoms with Crippen LogP contribution in [0.2, 0.25) is 0 Å². The Morgan fingerprint density at radius 2 is 1.74 bits per heavy atom. The van der Waals surface area contributed by atoms with Crippen LogP contribution in [-0.2, 0) is 11.2 Å². The molecule has 3 aromatic rings. The highest BCUT2D eigenvalue weighted by Gasteiger charge is 2.06. The van der Waals surface area contributed by atoms with Gasteiger partial charge in [0.2, 0.25) is 5.91 Å². The molecule has 160 valence electrons. The Morgan fingerprint density at radius 3 is 2.45 bits per heavy atom. The van der Waals surface area contributed by atoms with Crippen LogP contribution >= 0.6 is 0 Å². The molecule has 0 aliphatic heterocycles. The van der Waals surface area contributed by atoms with Gasteiger partial charge in [-0.1, -0.05) is 54.6 Å². The fourth-order valence-electron chi connectivity index (χ4n) is 3.45. The number of nitrogens with one attached hydrogen (secondary N) is 1. The molecule has 0 saturated carbocycles. The highest BCUT2D eigenvalue weighted by Crippen LogP contribution is 2.26. The molecule has 3 rings (SSSR count). The number of carbonyl (C=O) groups excluding carboxylic acids is 1. The summed E-state index contributed by atoms with van der Waals surface area (Å²) in [5, 5.41) is 3.04. The third-order valence-electron chi connectivity index (χ3n) is 5.14. The molecule has 0 aliphatic rings. The first-order valence-corrected chi connectivity index (χ1v) is 10.8. The molecule has 1 heterocycles. The standard InChI is InChI=1S/C27H30N2O2/c1-31-25-17-15-24(16-18-25)26(23-11-3-2-4-12-23)13-7-14-27(30)29-20-6-5-9-22-10-8-19-28-21-22/h2-4,8,10-13,15-19,21H,5-7,9,14,20H2,1H3,(H,29,30)/b26-13+. The number of allylic oxidation sites excluding steroid dienone is 1. The summed E-state index contributed by atoms with van der Waals surface area (Å²) in [5.41, 5.74) is 4.63. The van der Waals surface area contributed by atoms with E-state index in [9.17, 15) is 4.79 Å². The number of methoxy groups -OCH3 is 1. The lowest BCUT2D eigenvalue weighted by atomic mass is 9.96. The number of rotatable bonds is 11. The van der Waals surface area contributed by atoms with Gasteiger partial charge in [0.1, 0.15) is 5.75 Å². The number of carbonyl (C=O) groups is 1. The summed E-state index contributed by atoms with van der Waals surface area (Å²) in [4.78, 5) is 16.4. The molecule has 1 amide bonds. The molecule has 0 spiro atoms. The van der Waals surface area contributed by atoms with Crippen LogP contribution in [0.25, 0.3) is 5.57 Å². The highest BCUT2D eigenvalue weighted by atomic mass is 16.5. The highest BCUT2D eigenvalue weighted by molar-refractivity contribution is 5.81. The molecule has 0 bridgehead atoms. The van der Waals surface area contributed by atoms with Gasteiger partial charge in [-0.3, -0.25) is 9.78 Å². The lowest BCUT2D eigenvalue weighted by Crippen LogP contribution is -2.23. The number of hydrogen-bond acceptors (Lipinski definition) is 3. The van der Waals surface area contributed by atoms with Crippen molar-refractivity contribution in [3.05, 3.63) is 102 Å². The monoisotopic (exact) mass is 414 g/mol. The Labute approximate surface area is 185 Å². The van der Waals surface area contributed by atoms with E-state index in [0.29, 0.717) is 19.4 Å². The SMILES string of the molecule is COc1ccc(/C(=C/CCC(=O)NCCCCc2cccnc2)c2ccccc2)cc1. The number of nitrogens with zero attached hydrogens (tertiary/aromatic N) is 1. The summed E-state index contributed by atoms with van der Waals surface area (Å²) in [6, 6.07) is 22.4. The molecule has 4 heteroatoms. The minimum absolute atomic E-state index is 0.0970. The van der Waals surface area contributed by atoms with E-state index in [1.807, 2.05) is 42.6 Å². The normalized spacial score (nSPS) is 11.2. The Morgan fingerprint density at radius 1 is 0.968 bits per heavy atom. The van der Waals surface area contributed by atoms with Gasteiger partial charge in [-0.25, -0.2) is 0 Å². The Balaban J connectivity index is 1.49. The molecule has 0 atom stereocenters. The third-order valence-corrected chi connectivity index (χ3v) is 5.14. The second kappa shape index (κ2) is 12.3. The first-order chi connectivity index (χ1) is 15.3. The Hall–Kier alpha value is -3.40. The van der Waals surface area contributed by atoms with Crippen molar-refractivity contribution in [2.24, 2.45) is 0 Å². The van der Waals surface area contributed by atoms with E-state index in [0.717, 1.165) is 41.7 Å². The van der Waals surface area contributed by atoms with E-state index in [2.05, 4.69) is 46.7 Å². The lowest BCUT2D eigenvalue weighted by molar-refractivity contribution is -0.121. The third kappa shape index (κ3) is 7.41. The summed E-state index contributed by atoms with van der Waals surface area (Å²) < 4.78 is 5.27. The molecular formula is C27H30N2O2. The van der Waals surface area contributed by atoms with E-state index in [1.165, 1.54) is 5.56 Å². The fourth-order valence-corrected chi connectivity index (χ4v) is 3.45. The van der Waals surface area contributed by atoms with E-state index in [4.69, 9.17) is 4.74 Å². The number of hydrogen-bond donors (Lipinski definition) is 1. The van der Waals surface area contributed by atoms with Crippen molar-refractivity contribution in [3.8, 4) is 5.75 Å². The van der Waals surface area contributed by atoms with Gasteiger partial charge in [0.25, 0.3) is 0 Å². The van der Waals surface area contributed by atoms with Crippen molar-refractivity contribution >= 4 is 11.5 Å². The van der Waals surface area contributed by atoms with Crippen LogP contribution in [0.5, 0.6) is 5.75 Å². The quantitative estimate of drug-likeness (QED) is 0.425. The average molecular weight is 415 g/mol. The lowest BCUT2D eigenvalue weighted by Gasteiger charge is -2.10. The number of pyridine rings is 1. The Bertz CT molecular complexity index is 952. The topological polar surface area (TPSA) is 51.2 Å². The van der Waals surface area contributed by atoms with Crippen LogP contribution < -0.4 is 10.1 Å². The molecule has 0 fully saturated rings. The fraction of sp³-hybridized carbons (Fsp3) is 0.259. The average Bonchev–Trinajstić information content (AvgIpc) is 2.83. The molecule has 1 N–H and O–H groups in total. The van der Waals surface area contributed by atoms with Crippen LogP contribution in [0, 0.1) is 0 Å². The molecule has 0 radical (unpaired) electrons. The smallest absolute Gasteiger partial charge is 0.220 e. The molecule has 0 unspecified atom stereocenters. The zero-order valence-electron chi connectivity index (χ0n) is 18.1. The van der Waals surface area contributed by atoms with Gasteiger partial charge in [0, 0.05) is 25.4 Å². The van der Waals surface area contributed by atoms with Gasteiger partial charge >= 0.3 is 0 Å². The second-order valence-corrected chi connectivity index (χ2v) is 7.42. The maximum absolute atomic E-state index is 12.2. The van der Waals surface area contributed by atoms with E-state index < -0.39 is 0 Å². The van der Waals surface area contributed by atoms with Crippen molar-refractivity contribution in [3.63, 3.8) is 0 Å². The van der Waals surface area contributed by atoms with Gasteiger partial charge in [0.15, 0.2) is 0 Å².